The number of carbonyl (C=O) groups is 1. The number of nitrogens with zero attached hydrogens (tertiary/aromatic N) is 2. The van der Waals surface area contributed by atoms with Crippen LogP contribution >= 0.6 is 0 Å². The molecule has 2 aromatic rings. The van der Waals surface area contributed by atoms with E-state index in [0.29, 0.717) is 5.75 Å². The Morgan fingerprint density at radius 3 is 2.21 bits per heavy atom. The summed E-state index contributed by atoms with van der Waals surface area (Å²) in [5.74, 6) is -0.494. The Kier molecular flexibility index (Phi) is 7.37. The number of rotatable bonds is 9. The highest BCUT2D eigenvalue weighted by Crippen LogP contribution is 2.35. The van der Waals surface area contributed by atoms with Crippen molar-refractivity contribution in [1.29, 1.82) is 0 Å². The number of anilines is 1. The van der Waals surface area contributed by atoms with E-state index in [0.717, 1.165) is 24.2 Å². The lowest BCUT2D eigenvalue weighted by Crippen LogP contribution is -2.26. The summed E-state index contributed by atoms with van der Waals surface area (Å²) in [6.07, 6.45) is 0. The van der Waals surface area contributed by atoms with Crippen LogP contribution in [-0.2, 0) is 5.41 Å². The highest BCUT2D eigenvalue weighted by molar-refractivity contribution is 5.87. The molecule has 0 spiro atoms. The minimum atomic E-state index is -0.994. The quantitative estimate of drug-likeness (QED) is 0.571. The number of carboxylic acids is 1. The topological polar surface area (TPSA) is 79.2 Å². The third-order valence-electron chi connectivity index (χ3n) is 4.95. The molecule has 0 bridgehead atoms. The molecule has 29 heavy (non-hydrogen) atoms. The maximum atomic E-state index is 11.5. The van der Waals surface area contributed by atoms with Crippen LogP contribution in [0, 0.1) is 4.91 Å². The lowest BCUT2D eigenvalue weighted by atomic mass is 9.83. The van der Waals surface area contributed by atoms with Crippen molar-refractivity contribution in [3.05, 3.63) is 64.1 Å². The van der Waals surface area contributed by atoms with E-state index in [2.05, 4.69) is 56.8 Å². The van der Waals surface area contributed by atoms with Gasteiger partial charge in [0, 0.05) is 18.8 Å². The Morgan fingerprint density at radius 1 is 1.10 bits per heavy atom. The maximum absolute atomic E-state index is 11.5. The molecule has 1 atom stereocenters. The Labute approximate surface area is 172 Å². The molecule has 6 heteroatoms. The summed E-state index contributed by atoms with van der Waals surface area (Å²) >= 11 is 0. The molecule has 0 saturated heterocycles. The van der Waals surface area contributed by atoms with Crippen LogP contribution in [0.3, 0.4) is 0 Å². The van der Waals surface area contributed by atoms with E-state index in [-0.39, 0.29) is 17.6 Å². The van der Waals surface area contributed by atoms with Crippen molar-refractivity contribution in [2.75, 3.05) is 24.6 Å². The van der Waals surface area contributed by atoms with E-state index < -0.39 is 12.0 Å². The second kappa shape index (κ2) is 9.54. The number of benzene rings is 2. The number of ether oxygens (including phenoxy) is 1. The van der Waals surface area contributed by atoms with E-state index in [1.807, 2.05) is 6.07 Å². The maximum Gasteiger partial charge on any atom is 0.335 e. The first kappa shape index (κ1) is 22.4. The Hall–Kier alpha value is -2.89. The summed E-state index contributed by atoms with van der Waals surface area (Å²) < 4.78 is 5.70. The van der Waals surface area contributed by atoms with Crippen LogP contribution in [0.4, 0.5) is 5.69 Å². The van der Waals surface area contributed by atoms with Crippen LogP contribution in [-0.4, -0.2) is 30.8 Å². The van der Waals surface area contributed by atoms with Crippen LogP contribution in [0.15, 0.2) is 47.6 Å². The molecule has 2 rings (SSSR count). The Balaban J connectivity index is 2.26. The van der Waals surface area contributed by atoms with Gasteiger partial charge in [-0.05, 0) is 60.7 Å². The van der Waals surface area contributed by atoms with Crippen LogP contribution in [0.1, 0.15) is 62.1 Å². The molecule has 0 amide bonds. The molecule has 0 aliphatic carbocycles. The fraction of sp³-hybridized carbons (Fsp3) is 0.435. The van der Waals surface area contributed by atoms with Crippen LogP contribution in [0.2, 0.25) is 0 Å². The monoisotopic (exact) mass is 398 g/mol. The molecular formula is C23H30N2O4. The van der Waals surface area contributed by atoms with Gasteiger partial charge in [0.25, 0.3) is 0 Å². The number of carboxylic acid groups (broad SMARTS) is 1. The molecule has 0 aromatic heterocycles. The van der Waals surface area contributed by atoms with Crippen molar-refractivity contribution in [2.24, 2.45) is 5.18 Å². The van der Waals surface area contributed by atoms with Crippen molar-refractivity contribution in [2.45, 2.75) is 46.1 Å². The van der Waals surface area contributed by atoms with Gasteiger partial charge in [0.15, 0.2) is 6.04 Å². The molecule has 0 aliphatic rings. The van der Waals surface area contributed by atoms with Crippen LogP contribution in [0.5, 0.6) is 5.75 Å². The zero-order valence-corrected chi connectivity index (χ0v) is 17.8. The molecule has 1 N–H and O–H groups in total. The summed E-state index contributed by atoms with van der Waals surface area (Å²) in [5, 5.41) is 12.2. The molecule has 0 heterocycles. The first-order chi connectivity index (χ1) is 13.7. The number of nitroso groups, excluding NO2 is 1. The minimum Gasteiger partial charge on any atom is -0.491 e. The Bertz CT molecular complexity index is 837. The van der Waals surface area contributed by atoms with Gasteiger partial charge in [0.05, 0.1) is 5.56 Å². The lowest BCUT2D eigenvalue weighted by Gasteiger charge is -2.31. The van der Waals surface area contributed by atoms with Gasteiger partial charge in [-0.15, -0.1) is 0 Å². The van der Waals surface area contributed by atoms with Gasteiger partial charge < -0.3 is 14.7 Å². The second-order valence-corrected chi connectivity index (χ2v) is 7.96. The van der Waals surface area contributed by atoms with Crippen LogP contribution in [0.25, 0.3) is 0 Å². The van der Waals surface area contributed by atoms with E-state index in [4.69, 9.17) is 9.84 Å². The summed E-state index contributed by atoms with van der Waals surface area (Å²) in [4.78, 5) is 24.8. The van der Waals surface area contributed by atoms with Crippen LogP contribution < -0.4 is 9.64 Å². The number of hydrogen-bond acceptors (Lipinski definition) is 5. The normalized spacial score (nSPS) is 12.3. The van der Waals surface area contributed by atoms with Crippen molar-refractivity contribution in [3.63, 3.8) is 0 Å². The van der Waals surface area contributed by atoms with E-state index >= 15 is 0 Å². The van der Waals surface area contributed by atoms with Crippen molar-refractivity contribution in [1.82, 2.24) is 0 Å². The fourth-order valence-corrected chi connectivity index (χ4v) is 3.26. The molecular weight excluding hydrogens is 368 g/mol. The molecule has 0 radical (unpaired) electrons. The SMILES string of the molecule is CCN(CC)c1ccc(C(COc2ccc(C(=O)O)cc2)N=O)cc1C(C)(C)C. The molecule has 6 nitrogen and oxygen atoms in total. The van der Waals surface area contributed by atoms with Gasteiger partial charge in [-0.1, -0.05) is 38.1 Å². The third kappa shape index (κ3) is 5.56. The summed E-state index contributed by atoms with van der Waals surface area (Å²) in [6, 6.07) is 11.5. The number of hydrogen-bond donors (Lipinski definition) is 1. The zero-order chi connectivity index (χ0) is 21.6. The van der Waals surface area contributed by atoms with E-state index in [1.165, 1.54) is 17.8 Å². The minimum absolute atomic E-state index is 0.0874. The van der Waals surface area contributed by atoms with Gasteiger partial charge in [-0.3, -0.25) is 0 Å². The molecule has 0 fully saturated rings. The second-order valence-electron chi connectivity index (χ2n) is 7.96. The average Bonchev–Trinajstić information content (AvgIpc) is 2.69. The summed E-state index contributed by atoms with van der Waals surface area (Å²) in [6.45, 7) is 12.6. The van der Waals surface area contributed by atoms with E-state index in [1.54, 1.807) is 12.1 Å². The predicted octanol–water partition coefficient (Wildman–Crippen LogP) is 5.42. The van der Waals surface area contributed by atoms with E-state index in [9.17, 15) is 9.70 Å². The Morgan fingerprint density at radius 2 is 1.72 bits per heavy atom. The van der Waals surface area contributed by atoms with Crippen molar-refractivity contribution in [3.8, 4) is 5.75 Å². The first-order valence-corrected chi connectivity index (χ1v) is 9.89. The summed E-state index contributed by atoms with van der Waals surface area (Å²) in [7, 11) is 0. The molecule has 1 unspecified atom stereocenters. The zero-order valence-electron chi connectivity index (χ0n) is 17.8. The largest absolute Gasteiger partial charge is 0.491 e. The first-order valence-electron chi connectivity index (χ1n) is 9.89. The predicted molar refractivity (Wildman–Crippen MR) is 116 cm³/mol. The average molecular weight is 399 g/mol. The molecule has 0 aliphatic heterocycles. The third-order valence-corrected chi connectivity index (χ3v) is 4.95. The lowest BCUT2D eigenvalue weighted by molar-refractivity contribution is 0.0697. The van der Waals surface area contributed by atoms with Crippen molar-refractivity contribution >= 4 is 11.7 Å². The molecule has 2 aromatic carbocycles. The number of aromatic carboxylic acids is 1. The highest BCUT2D eigenvalue weighted by Gasteiger charge is 2.23. The molecule has 0 saturated carbocycles. The highest BCUT2D eigenvalue weighted by atomic mass is 16.5. The van der Waals surface area contributed by atoms with Gasteiger partial charge in [0.2, 0.25) is 0 Å². The molecule has 156 valence electrons. The van der Waals surface area contributed by atoms with Gasteiger partial charge >= 0.3 is 5.97 Å². The standard InChI is InChI=1S/C23H30N2O4/c1-6-25(7-2)21-13-10-17(14-19(21)23(3,4)5)20(24-28)15-29-18-11-8-16(9-12-18)22(26)27/h8-14,20H,6-7,15H2,1-5H3,(H,26,27). The van der Waals surface area contributed by atoms with Gasteiger partial charge in [-0.25, -0.2) is 4.79 Å². The van der Waals surface area contributed by atoms with Gasteiger partial charge in [-0.2, -0.15) is 4.91 Å². The van der Waals surface area contributed by atoms with Crippen molar-refractivity contribution < 1.29 is 14.6 Å². The fourth-order valence-electron chi connectivity index (χ4n) is 3.26. The smallest absolute Gasteiger partial charge is 0.335 e. The van der Waals surface area contributed by atoms with Gasteiger partial charge in [0.1, 0.15) is 12.4 Å². The summed E-state index contributed by atoms with van der Waals surface area (Å²) in [5.41, 5.74) is 3.24.